The molecule has 28 heavy (non-hydrogen) atoms. The molecule has 2 N–H and O–H groups in total. The Kier molecular flexibility index (Phi) is 6.99. The van der Waals surface area contributed by atoms with Crippen molar-refractivity contribution in [3.63, 3.8) is 0 Å². The van der Waals surface area contributed by atoms with Crippen molar-refractivity contribution in [2.45, 2.75) is 57.0 Å². The van der Waals surface area contributed by atoms with Gasteiger partial charge in [0.25, 0.3) is 0 Å². The van der Waals surface area contributed by atoms with Crippen LogP contribution in [0, 0.1) is 5.92 Å². The van der Waals surface area contributed by atoms with Crippen LogP contribution in [0.5, 0.6) is 0 Å². The second-order valence-electron chi connectivity index (χ2n) is 7.52. The zero-order valence-electron chi connectivity index (χ0n) is 16.5. The van der Waals surface area contributed by atoms with Crippen LogP contribution in [-0.2, 0) is 20.8 Å². The third-order valence-corrected chi connectivity index (χ3v) is 6.94. The molecule has 2 saturated heterocycles. The molecule has 6 nitrogen and oxygen atoms in total. The maximum Gasteiger partial charge on any atom is 0.246 e. The smallest absolute Gasteiger partial charge is 0.246 e. The van der Waals surface area contributed by atoms with Gasteiger partial charge in [0, 0.05) is 18.2 Å². The highest BCUT2D eigenvalue weighted by Gasteiger charge is 2.46. The standard InChI is InChI=1S/C21H29N3O3S/c1-3-14(2)19(25)23-16-9-10-18-24(21(16)27)17(13-28-18)20(26)22-12-11-15-7-5-4-6-8-15/h4-8,14,16-18H,3,9-13H2,1-2H3,(H,22,26)(H,23,25)/t14-,16+,17+,18+/m1/s1. The Morgan fingerprint density at radius 3 is 2.71 bits per heavy atom. The Morgan fingerprint density at radius 2 is 2.00 bits per heavy atom. The number of carbonyl (C=O) groups excluding carboxylic acids is 3. The van der Waals surface area contributed by atoms with Gasteiger partial charge in [-0.1, -0.05) is 44.2 Å². The van der Waals surface area contributed by atoms with E-state index in [0.29, 0.717) is 18.7 Å². The van der Waals surface area contributed by atoms with Crippen LogP contribution in [0.3, 0.4) is 0 Å². The first kappa shape index (κ1) is 20.7. The number of hydrogen-bond donors (Lipinski definition) is 2. The molecule has 0 aliphatic carbocycles. The summed E-state index contributed by atoms with van der Waals surface area (Å²) >= 11 is 1.66. The number of fused-ring (bicyclic) bond motifs is 1. The Balaban J connectivity index is 1.56. The number of rotatable bonds is 7. The summed E-state index contributed by atoms with van der Waals surface area (Å²) in [6.07, 6.45) is 2.94. The molecule has 152 valence electrons. The van der Waals surface area contributed by atoms with E-state index in [9.17, 15) is 14.4 Å². The van der Waals surface area contributed by atoms with Crippen molar-refractivity contribution in [2.75, 3.05) is 12.3 Å². The fraction of sp³-hybridized carbons (Fsp3) is 0.571. The summed E-state index contributed by atoms with van der Waals surface area (Å²) in [6.45, 7) is 4.36. The summed E-state index contributed by atoms with van der Waals surface area (Å²) in [5, 5.41) is 5.90. The van der Waals surface area contributed by atoms with E-state index in [1.165, 1.54) is 5.56 Å². The molecule has 0 aromatic heterocycles. The highest BCUT2D eigenvalue weighted by atomic mass is 32.2. The molecule has 4 atom stereocenters. The number of nitrogens with zero attached hydrogens (tertiary/aromatic N) is 1. The Labute approximate surface area is 170 Å². The lowest BCUT2D eigenvalue weighted by molar-refractivity contribution is -0.145. The highest BCUT2D eigenvalue weighted by Crippen LogP contribution is 2.36. The SMILES string of the molecule is CC[C@@H](C)C(=O)N[C@H]1CC[C@@H]2SC[C@@H](C(=O)NCCc3ccccc3)N2C1=O. The van der Waals surface area contributed by atoms with E-state index in [-0.39, 0.29) is 29.0 Å². The molecule has 1 aromatic carbocycles. The van der Waals surface area contributed by atoms with E-state index < -0.39 is 12.1 Å². The molecule has 3 rings (SSSR count). The lowest BCUT2D eigenvalue weighted by Gasteiger charge is -2.37. The number of benzene rings is 1. The lowest BCUT2D eigenvalue weighted by Crippen LogP contribution is -2.59. The quantitative estimate of drug-likeness (QED) is 0.729. The molecule has 0 spiro atoms. The fourth-order valence-electron chi connectivity index (χ4n) is 3.62. The van der Waals surface area contributed by atoms with Gasteiger partial charge in [0.05, 0.1) is 5.37 Å². The maximum absolute atomic E-state index is 13.0. The first-order valence-corrected chi connectivity index (χ1v) is 11.1. The Morgan fingerprint density at radius 1 is 1.25 bits per heavy atom. The predicted octanol–water partition coefficient (Wildman–Crippen LogP) is 1.94. The van der Waals surface area contributed by atoms with Crippen LogP contribution in [0.1, 0.15) is 38.7 Å². The Bertz CT molecular complexity index is 712. The van der Waals surface area contributed by atoms with Crippen molar-refractivity contribution in [3.8, 4) is 0 Å². The summed E-state index contributed by atoms with van der Waals surface area (Å²) in [7, 11) is 0. The van der Waals surface area contributed by atoms with Crippen LogP contribution >= 0.6 is 11.8 Å². The predicted molar refractivity (Wildman–Crippen MR) is 111 cm³/mol. The van der Waals surface area contributed by atoms with Gasteiger partial charge in [-0.3, -0.25) is 14.4 Å². The zero-order valence-corrected chi connectivity index (χ0v) is 17.3. The van der Waals surface area contributed by atoms with E-state index >= 15 is 0 Å². The van der Waals surface area contributed by atoms with Crippen molar-refractivity contribution in [1.82, 2.24) is 15.5 Å². The van der Waals surface area contributed by atoms with Gasteiger partial charge in [-0.05, 0) is 31.2 Å². The molecule has 3 amide bonds. The first-order chi connectivity index (χ1) is 13.5. The van der Waals surface area contributed by atoms with Crippen molar-refractivity contribution in [1.29, 1.82) is 0 Å². The van der Waals surface area contributed by atoms with Gasteiger partial charge in [-0.2, -0.15) is 0 Å². The average molecular weight is 404 g/mol. The van der Waals surface area contributed by atoms with E-state index in [4.69, 9.17) is 0 Å². The summed E-state index contributed by atoms with van der Waals surface area (Å²) in [6, 6.07) is 9.03. The molecule has 0 saturated carbocycles. The minimum absolute atomic E-state index is 0.0362. The van der Waals surface area contributed by atoms with E-state index in [0.717, 1.165) is 19.3 Å². The molecule has 1 aromatic rings. The third kappa shape index (κ3) is 4.69. The van der Waals surface area contributed by atoms with Crippen molar-refractivity contribution >= 4 is 29.5 Å². The van der Waals surface area contributed by atoms with E-state index in [2.05, 4.69) is 10.6 Å². The van der Waals surface area contributed by atoms with Gasteiger partial charge >= 0.3 is 0 Å². The van der Waals surface area contributed by atoms with Crippen LogP contribution in [0.4, 0.5) is 0 Å². The minimum atomic E-state index is -0.518. The minimum Gasteiger partial charge on any atom is -0.354 e. The Hall–Kier alpha value is -2.02. The molecule has 2 aliphatic rings. The topological polar surface area (TPSA) is 78.5 Å². The van der Waals surface area contributed by atoms with Crippen LogP contribution in [0.15, 0.2) is 30.3 Å². The highest BCUT2D eigenvalue weighted by molar-refractivity contribution is 8.00. The normalized spacial score (nSPS) is 25.1. The molecule has 0 unspecified atom stereocenters. The van der Waals surface area contributed by atoms with Gasteiger partial charge in [-0.15, -0.1) is 11.8 Å². The first-order valence-electron chi connectivity index (χ1n) is 10.1. The summed E-state index contributed by atoms with van der Waals surface area (Å²) in [5.41, 5.74) is 1.17. The number of nitrogens with one attached hydrogen (secondary N) is 2. The fourth-order valence-corrected chi connectivity index (χ4v) is 5.05. The molecular weight excluding hydrogens is 374 g/mol. The molecule has 2 aliphatic heterocycles. The van der Waals surface area contributed by atoms with Crippen molar-refractivity contribution < 1.29 is 14.4 Å². The molecular formula is C21H29N3O3S. The molecule has 7 heteroatoms. The van der Waals surface area contributed by atoms with Crippen molar-refractivity contribution in [3.05, 3.63) is 35.9 Å². The van der Waals surface area contributed by atoms with Gasteiger partial charge < -0.3 is 15.5 Å². The van der Waals surface area contributed by atoms with E-state index in [1.54, 1.807) is 16.7 Å². The second-order valence-corrected chi connectivity index (χ2v) is 8.73. The van der Waals surface area contributed by atoms with Gasteiger partial charge in [-0.25, -0.2) is 0 Å². The van der Waals surface area contributed by atoms with Gasteiger partial charge in [0.15, 0.2) is 0 Å². The third-order valence-electron chi connectivity index (χ3n) is 5.58. The summed E-state index contributed by atoms with van der Waals surface area (Å²) in [5.74, 6) is 0.180. The molecule has 0 bridgehead atoms. The number of piperidine rings is 1. The van der Waals surface area contributed by atoms with Crippen molar-refractivity contribution in [2.24, 2.45) is 5.92 Å². The molecule has 2 fully saturated rings. The van der Waals surface area contributed by atoms with Crippen LogP contribution in [-0.4, -0.2) is 52.4 Å². The number of amides is 3. The summed E-state index contributed by atoms with van der Waals surface area (Å²) < 4.78 is 0. The second kappa shape index (κ2) is 9.45. The van der Waals surface area contributed by atoms with Crippen LogP contribution in [0.2, 0.25) is 0 Å². The maximum atomic E-state index is 13.0. The number of carbonyl (C=O) groups is 3. The molecule has 2 heterocycles. The lowest BCUT2D eigenvalue weighted by atomic mass is 10.0. The zero-order chi connectivity index (χ0) is 20.1. The summed E-state index contributed by atoms with van der Waals surface area (Å²) in [4.78, 5) is 39.6. The largest absolute Gasteiger partial charge is 0.354 e. The average Bonchev–Trinajstić information content (AvgIpc) is 3.15. The number of hydrogen-bond acceptors (Lipinski definition) is 4. The van der Waals surface area contributed by atoms with Crippen LogP contribution < -0.4 is 10.6 Å². The van der Waals surface area contributed by atoms with E-state index in [1.807, 2.05) is 44.2 Å². The number of thioether (sulfide) groups is 1. The molecule has 0 radical (unpaired) electrons. The van der Waals surface area contributed by atoms with Gasteiger partial charge in [0.2, 0.25) is 17.7 Å². The monoisotopic (exact) mass is 403 g/mol. The van der Waals surface area contributed by atoms with Gasteiger partial charge in [0.1, 0.15) is 12.1 Å². The van der Waals surface area contributed by atoms with Crippen LogP contribution in [0.25, 0.3) is 0 Å².